The van der Waals surface area contributed by atoms with E-state index in [2.05, 4.69) is 20.4 Å². The Bertz CT molecular complexity index is 428. The molecule has 2 aliphatic rings. The van der Waals surface area contributed by atoms with Gasteiger partial charge < -0.3 is 5.11 Å². The van der Waals surface area contributed by atoms with Crippen molar-refractivity contribution in [3.63, 3.8) is 0 Å². The van der Waals surface area contributed by atoms with E-state index in [1.807, 2.05) is 4.68 Å². The Morgan fingerprint density at radius 1 is 1.41 bits per heavy atom. The number of carbonyl (C=O) groups is 1. The number of carboxylic acids is 1. The summed E-state index contributed by atoms with van der Waals surface area (Å²) in [5.74, 6) is -0.0759. The lowest BCUT2D eigenvalue weighted by Crippen LogP contribution is -2.24. The van der Waals surface area contributed by atoms with Gasteiger partial charge in [-0.3, -0.25) is 9.69 Å². The van der Waals surface area contributed by atoms with Crippen LogP contribution in [0.1, 0.15) is 31.1 Å². The fourth-order valence-corrected chi connectivity index (χ4v) is 2.30. The zero-order chi connectivity index (χ0) is 11.8. The lowest BCUT2D eigenvalue weighted by Gasteiger charge is -2.14. The third-order valence-corrected chi connectivity index (χ3v) is 3.44. The first kappa shape index (κ1) is 10.6. The van der Waals surface area contributed by atoms with Crippen LogP contribution in [0, 0.1) is 5.92 Å². The quantitative estimate of drug-likeness (QED) is 0.788. The molecule has 2 heterocycles. The molecule has 0 aromatic carbocycles. The minimum Gasteiger partial charge on any atom is -0.481 e. The minimum atomic E-state index is -0.700. The summed E-state index contributed by atoms with van der Waals surface area (Å²) in [7, 11) is 0. The van der Waals surface area contributed by atoms with Crippen molar-refractivity contribution in [2.24, 2.45) is 5.92 Å². The first-order valence-corrected chi connectivity index (χ1v) is 5.96. The first-order chi connectivity index (χ1) is 8.24. The largest absolute Gasteiger partial charge is 0.481 e. The van der Waals surface area contributed by atoms with Crippen LogP contribution in [0.25, 0.3) is 0 Å². The van der Waals surface area contributed by atoms with Crippen molar-refractivity contribution in [1.29, 1.82) is 0 Å². The topological polar surface area (TPSA) is 84.1 Å². The molecule has 7 nitrogen and oxygen atoms in total. The highest BCUT2D eigenvalue weighted by Gasteiger charge is 2.31. The Morgan fingerprint density at radius 3 is 2.88 bits per heavy atom. The van der Waals surface area contributed by atoms with Crippen LogP contribution >= 0.6 is 0 Å². The third-order valence-electron chi connectivity index (χ3n) is 3.44. The molecule has 2 fully saturated rings. The molecule has 0 amide bonds. The maximum Gasteiger partial charge on any atom is 0.307 e. The molecule has 1 saturated heterocycles. The van der Waals surface area contributed by atoms with E-state index in [9.17, 15) is 4.79 Å². The molecule has 7 heteroatoms. The highest BCUT2D eigenvalue weighted by atomic mass is 16.4. The van der Waals surface area contributed by atoms with Gasteiger partial charge in [0.05, 0.1) is 18.5 Å². The van der Waals surface area contributed by atoms with E-state index < -0.39 is 5.97 Å². The molecule has 17 heavy (non-hydrogen) atoms. The molecule has 1 aromatic heterocycles. The summed E-state index contributed by atoms with van der Waals surface area (Å²) in [5, 5.41) is 20.6. The summed E-state index contributed by atoms with van der Waals surface area (Å²) in [5.41, 5.74) is 0. The molecule has 1 aromatic rings. The molecule has 0 bridgehead atoms. The molecular weight excluding hydrogens is 222 g/mol. The minimum absolute atomic E-state index is 0.236. The van der Waals surface area contributed by atoms with E-state index in [4.69, 9.17) is 5.11 Å². The smallest absolute Gasteiger partial charge is 0.307 e. The predicted octanol–water partition coefficient (Wildman–Crippen LogP) is -0.0855. The summed E-state index contributed by atoms with van der Waals surface area (Å²) < 4.78 is 1.88. The van der Waals surface area contributed by atoms with Gasteiger partial charge >= 0.3 is 5.97 Å². The Kier molecular flexibility index (Phi) is 2.54. The molecule has 1 aliphatic heterocycles. The van der Waals surface area contributed by atoms with Gasteiger partial charge in [0.25, 0.3) is 0 Å². The second-order valence-corrected chi connectivity index (χ2v) is 4.83. The first-order valence-electron chi connectivity index (χ1n) is 5.96. The molecule has 0 radical (unpaired) electrons. The summed E-state index contributed by atoms with van der Waals surface area (Å²) in [6, 6.07) is 0.470. The fourth-order valence-electron chi connectivity index (χ4n) is 2.30. The van der Waals surface area contributed by atoms with Gasteiger partial charge in [0.2, 0.25) is 0 Å². The van der Waals surface area contributed by atoms with Gasteiger partial charge in [-0.25, -0.2) is 4.68 Å². The van der Waals surface area contributed by atoms with Gasteiger partial charge in [-0.15, -0.1) is 5.10 Å². The lowest BCUT2D eigenvalue weighted by atomic mass is 10.1. The average molecular weight is 237 g/mol. The number of nitrogens with zero attached hydrogens (tertiary/aromatic N) is 5. The maximum atomic E-state index is 10.9. The number of aliphatic carboxylic acids is 1. The number of aromatic nitrogens is 4. The van der Waals surface area contributed by atoms with Crippen molar-refractivity contribution in [3.8, 4) is 0 Å². The number of carboxylic acid groups (broad SMARTS) is 1. The molecule has 3 rings (SSSR count). The van der Waals surface area contributed by atoms with E-state index in [1.54, 1.807) is 0 Å². The molecule has 1 unspecified atom stereocenters. The highest BCUT2D eigenvalue weighted by molar-refractivity contribution is 5.70. The van der Waals surface area contributed by atoms with Crippen LogP contribution in [-0.2, 0) is 11.3 Å². The van der Waals surface area contributed by atoms with Crippen LogP contribution in [0.3, 0.4) is 0 Å². The standard InChI is InChI=1S/C10H15N5O2/c16-10(17)7-3-4-14(5-7)6-9-11-12-13-15(9)8-1-2-8/h7-8H,1-6H2,(H,16,17). The lowest BCUT2D eigenvalue weighted by molar-refractivity contribution is -0.141. The maximum absolute atomic E-state index is 10.9. The van der Waals surface area contributed by atoms with Gasteiger partial charge in [0, 0.05) is 6.54 Å². The average Bonchev–Trinajstić information content (AvgIpc) is 2.86. The van der Waals surface area contributed by atoms with Crippen molar-refractivity contribution < 1.29 is 9.90 Å². The van der Waals surface area contributed by atoms with E-state index >= 15 is 0 Å². The Morgan fingerprint density at radius 2 is 2.24 bits per heavy atom. The number of hydrogen-bond acceptors (Lipinski definition) is 5. The second kappa shape index (κ2) is 4.06. The zero-order valence-corrected chi connectivity index (χ0v) is 9.49. The number of hydrogen-bond donors (Lipinski definition) is 1. The van der Waals surface area contributed by atoms with Crippen LogP contribution in [0.2, 0.25) is 0 Å². The van der Waals surface area contributed by atoms with Crippen LogP contribution in [-0.4, -0.2) is 49.3 Å². The predicted molar refractivity (Wildman–Crippen MR) is 57.1 cm³/mol. The van der Waals surface area contributed by atoms with E-state index in [0.717, 1.165) is 31.6 Å². The van der Waals surface area contributed by atoms with Gasteiger partial charge in [-0.2, -0.15) is 0 Å². The second-order valence-electron chi connectivity index (χ2n) is 4.83. The SMILES string of the molecule is O=C(O)C1CCN(Cc2nnnn2C2CC2)C1. The monoisotopic (exact) mass is 237 g/mol. The Balaban J connectivity index is 1.63. The summed E-state index contributed by atoms with van der Waals surface area (Å²) in [4.78, 5) is 13.0. The molecule has 1 atom stereocenters. The summed E-state index contributed by atoms with van der Waals surface area (Å²) in [6.45, 7) is 2.08. The molecule has 1 N–H and O–H groups in total. The Hall–Kier alpha value is -1.50. The van der Waals surface area contributed by atoms with Gasteiger partial charge in [-0.05, 0) is 36.2 Å². The van der Waals surface area contributed by atoms with E-state index in [1.165, 1.54) is 0 Å². The number of rotatable bonds is 4. The van der Waals surface area contributed by atoms with Crippen molar-refractivity contribution in [3.05, 3.63) is 5.82 Å². The highest BCUT2D eigenvalue weighted by Crippen LogP contribution is 2.34. The zero-order valence-electron chi connectivity index (χ0n) is 9.49. The Labute approximate surface area is 98.4 Å². The summed E-state index contributed by atoms with van der Waals surface area (Å²) >= 11 is 0. The van der Waals surface area contributed by atoms with E-state index in [0.29, 0.717) is 19.1 Å². The third kappa shape index (κ3) is 2.14. The fraction of sp³-hybridized carbons (Fsp3) is 0.800. The van der Waals surface area contributed by atoms with Crippen molar-refractivity contribution >= 4 is 5.97 Å². The van der Waals surface area contributed by atoms with Crippen LogP contribution in [0.4, 0.5) is 0 Å². The van der Waals surface area contributed by atoms with Crippen LogP contribution in [0.5, 0.6) is 0 Å². The van der Waals surface area contributed by atoms with Crippen LogP contribution < -0.4 is 0 Å². The molecule has 1 saturated carbocycles. The van der Waals surface area contributed by atoms with Crippen LogP contribution in [0.15, 0.2) is 0 Å². The molecule has 0 spiro atoms. The normalized spacial score (nSPS) is 25.3. The van der Waals surface area contributed by atoms with Gasteiger partial charge in [-0.1, -0.05) is 0 Å². The molecule has 92 valence electrons. The van der Waals surface area contributed by atoms with Crippen molar-refractivity contribution in [1.82, 2.24) is 25.1 Å². The van der Waals surface area contributed by atoms with Gasteiger partial charge in [0.15, 0.2) is 5.82 Å². The van der Waals surface area contributed by atoms with E-state index in [-0.39, 0.29) is 5.92 Å². The van der Waals surface area contributed by atoms with Gasteiger partial charge in [0.1, 0.15) is 0 Å². The number of likely N-dealkylation sites (tertiary alicyclic amines) is 1. The molecule has 1 aliphatic carbocycles. The number of tetrazole rings is 1. The van der Waals surface area contributed by atoms with Crippen molar-refractivity contribution in [2.75, 3.05) is 13.1 Å². The van der Waals surface area contributed by atoms with Crippen molar-refractivity contribution in [2.45, 2.75) is 31.8 Å². The summed E-state index contributed by atoms with van der Waals surface area (Å²) in [6.07, 6.45) is 3.02. The molecular formula is C10H15N5O2.